The van der Waals surface area contributed by atoms with Crippen molar-refractivity contribution >= 4 is 66.9 Å². The quantitative estimate of drug-likeness (QED) is 0.734. The average Bonchev–Trinajstić information content (AvgIpc) is 3.13. The highest BCUT2D eigenvalue weighted by molar-refractivity contribution is 7.95. The standard InChI is InChI=1S/C12H12Cl2N4O4S3/c13-7-5-10(24-11(7)14)25(20,21)17-12-16-15-8(23-12)1-2-18-3-4-22-6-9(18)19/h5H,1-4,6H2,(H,16,17). The number of thiophene rings is 1. The van der Waals surface area contributed by atoms with Gasteiger partial charge in [-0.3, -0.25) is 9.52 Å². The Morgan fingerprint density at radius 2 is 2.12 bits per heavy atom. The highest BCUT2D eigenvalue weighted by Gasteiger charge is 2.22. The predicted molar refractivity (Wildman–Crippen MR) is 96.2 cm³/mol. The first-order valence-corrected chi connectivity index (χ1v) is 10.9. The molecule has 1 aliphatic rings. The summed E-state index contributed by atoms with van der Waals surface area (Å²) in [5, 5.41) is 8.73. The van der Waals surface area contributed by atoms with Crippen LogP contribution in [0.1, 0.15) is 5.01 Å². The highest BCUT2D eigenvalue weighted by Crippen LogP contribution is 2.35. The topological polar surface area (TPSA) is 101 Å². The minimum absolute atomic E-state index is 0.00170. The van der Waals surface area contributed by atoms with Gasteiger partial charge in [-0.25, -0.2) is 8.42 Å². The van der Waals surface area contributed by atoms with Crippen molar-refractivity contribution in [2.75, 3.05) is 31.0 Å². The van der Waals surface area contributed by atoms with E-state index in [2.05, 4.69) is 14.9 Å². The SMILES string of the molecule is O=C1COCCN1CCc1nnc(NS(=O)(=O)c2cc(Cl)c(Cl)s2)s1. The molecule has 1 aliphatic heterocycles. The number of morpholine rings is 1. The van der Waals surface area contributed by atoms with E-state index in [-0.39, 0.29) is 31.2 Å². The van der Waals surface area contributed by atoms with Crippen molar-refractivity contribution in [3.05, 3.63) is 20.4 Å². The molecule has 0 unspecified atom stereocenters. The Labute approximate surface area is 161 Å². The molecule has 2 aromatic rings. The number of hydrogen-bond acceptors (Lipinski definition) is 8. The van der Waals surface area contributed by atoms with Crippen LogP contribution in [0.5, 0.6) is 0 Å². The van der Waals surface area contributed by atoms with Gasteiger partial charge in [-0.2, -0.15) is 0 Å². The van der Waals surface area contributed by atoms with Gasteiger partial charge in [0.2, 0.25) is 11.0 Å². The Hall–Kier alpha value is -0.980. The molecule has 8 nitrogen and oxygen atoms in total. The Bertz CT molecular complexity index is 863. The summed E-state index contributed by atoms with van der Waals surface area (Å²) in [5.41, 5.74) is 0. The van der Waals surface area contributed by atoms with Crippen molar-refractivity contribution in [1.29, 1.82) is 0 Å². The summed E-state index contributed by atoms with van der Waals surface area (Å²) in [6.45, 7) is 1.63. The van der Waals surface area contributed by atoms with E-state index in [0.29, 0.717) is 31.1 Å². The lowest BCUT2D eigenvalue weighted by molar-refractivity contribution is -0.142. The van der Waals surface area contributed by atoms with Crippen molar-refractivity contribution in [2.24, 2.45) is 0 Å². The zero-order valence-corrected chi connectivity index (χ0v) is 16.5. The van der Waals surface area contributed by atoms with Crippen molar-refractivity contribution < 1.29 is 17.9 Å². The fourth-order valence-corrected chi connectivity index (χ4v) is 5.88. The molecule has 13 heteroatoms. The number of nitrogens with zero attached hydrogens (tertiary/aromatic N) is 3. The molecule has 1 fully saturated rings. The summed E-state index contributed by atoms with van der Waals surface area (Å²) in [7, 11) is -3.82. The summed E-state index contributed by atoms with van der Waals surface area (Å²) in [6, 6.07) is 1.28. The number of carbonyl (C=O) groups excluding carboxylic acids is 1. The highest BCUT2D eigenvalue weighted by atomic mass is 35.5. The lowest BCUT2D eigenvalue weighted by Crippen LogP contribution is -2.42. The van der Waals surface area contributed by atoms with Gasteiger partial charge in [-0.05, 0) is 6.07 Å². The third-order valence-corrected chi connectivity index (χ3v) is 7.96. The van der Waals surface area contributed by atoms with Gasteiger partial charge in [0.05, 0.1) is 11.6 Å². The van der Waals surface area contributed by atoms with Crippen LogP contribution in [0.4, 0.5) is 5.13 Å². The predicted octanol–water partition coefficient (Wildman–Crippen LogP) is 2.11. The van der Waals surface area contributed by atoms with E-state index in [0.717, 1.165) is 22.7 Å². The minimum atomic E-state index is -3.82. The molecule has 0 spiro atoms. The van der Waals surface area contributed by atoms with Crippen molar-refractivity contribution in [1.82, 2.24) is 15.1 Å². The first kappa shape index (κ1) is 18.8. The lowest BCUT2D eigenvalue weighted by atomic mass is 10.3. The second-order valence-corrected chi connectivity index (χ2v) is 10.0. The molecular formula is C12H12Cl2N4O4S3. The fourth-order valence-electron chi connectivity index (χ4n) is 2.04. The number of ether oxygens (including phenoxy) is 1. The third-order valence-electron chi connectivity index (χ3n) is 3.26. The maximum Gasteiger partial charge on any atom is 0.273 e. The van der Waals surface area contributed by atoms with Crippen LogP contribution in [-0.2, 0) is 26.0 Å². The van der Waals surface area contributed by atoms with Gasteiger partial charge in [0, 0.05) is 19.5 Å². The Balaban J connectivity index is 1.62. The van der Waals surface area contributed by atoms with Crippen LogP contribution >= 0.6 is 45.9 Å². The minimum Gasteiger partial charge on any atom is -0.370 e. The Morgan fingerprint density at radius 3 is 2.80 bits per heavy atom. The number of carbonyl (C=O) groups is 1. The van der Waals surface area contributed by atoms with E-state index < -0.39 is 10.0 Å². The summed E-state index contributed by atoms with van der Waals surface area (Å²) < 4.78 is 32.2. The third kappa shape index (κ3) is 4.60. The van der Waals surface area contributed by atoms with E-state index in [1.807, 2.05) is 0 Å². The van der Waals surface area contributed by atoms with Gasteiger partial charge in [0.1, 0.15) is 20.2 Å². The molecular weight excluding hydrogens is 431 g/mol. The van der Waals surface area contributed by atoms with Gasteiger partial charge in [0.15, 0.2) is 0 Å². The number of hydrogen-bond donors (Lipinski definition) is 1. The number of rotatable bonds is 6. The van der Waals surface area contributed by atoms with Crippen LogP contribution in [0.25, 0.3) is 0 Å². The van der Waals surface area contributed by atoms with Crippen LogP contribution in [0.15, 0.2) is 10.3 Å². The molecule has 1 saturated heterocycles. The summed E-state index contributed by atoms with van der Waals surface area (Å²) in [6.07, 6.45) is 0.488. The van der Waals surface area contributed by atoms with Crippen molar-refractivity contribution in [3.8, 4) is 0 Å². The molecule has 136 valence electrons. The fraction of sp³-hybridized carbons (Fsp3) is 0.417. The van der Waals surface area contributed by atoms with E-state index in [1.54, 1.807) is 4.90 Å². The van der Waals surface area contributed by atoms with E-state index in [4.69, 9.17) is 27.9 Å². The second kappa shape index (κ2) is 7.72. The zero-order valence-electron chi connectivity index (χ0n) is 12.6. The maximum atomic E-state index is 12.3. The van der Waals surface area contributed by atoms with Crippen molar-refractivity contribution in [3.63, 3.8) is 0 Å². The Kier molecular flexibility index (Phi) is 5.81. The zero-order chi connectivity index (χ0) is 18.0. The largest absolute Gasteiger partial charge is 0.370 e. The number of halogens is 2. The number of nitrogens with one attached hydrogen (secondary N) is 1. The molecule has 3 rings (SSSR count). The summed E-state index contributed by atoms with van der Waals surface area (Å²) in [4.78, 5) is 13.3. The monoisotopic (exact) mass is 442 g/mol. The average molecular weight is 443 g/mol. The van der Waals surface area contributed by atoms with Gasteiger partial charge in [-0.1, -0.05) is 34.5 Å². The Morgan fingerprint density at radius 1 is 1.32 bits per heavy atom. The first-order valence-electron chi connectivity index (χ1n) is 7.01. The van der Waals surface area contributed by atoms with Crippen LogP contribution in [0.2, 0.25) is 9.36 Å². The van der Waals surface area contributed by atoms with Gasteiger partial charge >= 0.3 is 0 Å². The number of sulfonamides is 1. The van der Waals surface area contributed by atoms with Gasteiger partial charge < -0.3 is 9.64 Å². The van der Waals surface area contributed by atoms with Crippen LogP contribution in [0, 0.1) is 0 Å². The molecule has 2 aromatic heterocycles. The summed E-state index contributed by atoms with van der Waals surface area (Å²) >= 11 is 13.6. The molecule has 0 bridgehead atoms. The molecule has 0 aliphatic carbocycles. The summed E-state index contributed by atoms with van der Waals surface area (Å²) in [5.74, 6) is -0.0665. The number of anilines is 1. The number of aromatic nitrogens is 2. The molecule has 1 amide bonds. The van der Waals surface area contributed by atoms with Crippen LogP contribution in [0.3, 0.4) is 0 Å². The lowest BCUT2D eigenvalue weighted by Gasteiger charge is -2.26. The molecule has 0 radical (unpaired) electrons. The smallest absolute Gasteiger partial charge is 0.273 e. The maximum absolute atomic E-state index is 12.3. The second-order valence-electron chi connectivity index (χ2n) is 4.98. The normalized spacial score (nSPS) is 15.6. The van der Waals surface area contributed by atoms with Crippen molar-refractivity contribution in [2.45, 2.75) is 10.6 Å². The van der Waals surface area contributed by atoms with Crippen LogP contribution in [-0.4, -0.2) is 55.7 Å². The van der Waals surface area contributed by atoms with E-state index >= 15 is 0 Å². The number of amides is 1. The van der Waals surface area contributed by atoms with E-state index in [1.165, 1.54) is 6.07 Å². The molecule has 25 heavy (non-hydrogen) atoms. The molecule has 0 atom stereocenters. The molecule has 0 saturated carbocycles. The van der Waals surface area contributed by atoms with E-state index in [9.17, 15) is 13.2 Å². The van der Waals surface area contributed by atoms with Gasteiger partial charge in [0.25, 0.3) is 10.0 Å². The molecule has 3 heterocycles. The first-order chi connectivity index (χ1) is 11.8. The van der Waals surface area contributed by atoms with Crippen LogP contribution < -0.4 is 4.72 Å². The molecule has 1 N–H and O–H groups in total. The molecule has 0 aromatic carbocycles. The van der Waals surface area contributed by atoms with Gasteiger partial charge in [-0.15, -0.1) is 21.5 Å².